The van der Waals surface area contributed by atoms with Crippen LogP contribution in [0.15, 0.2) is 42.6 Å². The van der Waals surface area contributed by atoms with E-state index in [1.54, 1.807) is 6.20 Å². The van der Waals surface area contributed by atoms with Crippen LogP contribution in [0.2, 0.25) is 0 Å². The van der Waals surface area contributed by atoms with Crippen molar-refractivity contribution in [1.82, 2.24) is 4.90 Å². The second kappa shape index (κ2) is 9.54. The molecule has 0 aromatic heterocycles. The minimum Gasteiger partial charge on any atom is -0.746 e. The van der Waals surface area contributed by atoms with Gasteiger partial charge in [-0.05, 0) is 34.6 Å². The molecule has 0 bridgehead atoms. The van der Waals surface area contributed by atoms with Crippen LogP contribution in [0, 0.1) is 0 Å². The number of anilines is 1. The number of carbonyl (C=O) groups is 1. The van der Waals surface area contributed by atoms with Gasteiger partial charge in [-0.3, -0.25) is 4.79 Å². The number of ether oxygens (including phenoxy) is 2. The van der Waals surface area contributed by atoms with Crippen LogP contribution in [0.5, 0.6) is 11.5 Å². The van der Waals surface area contributed by atoms with E-state index in [-0.39, 0.29) is 52.6 Å². The van der Waals surface area contributed by atoms with Crippen LogP contribution in [0.3, 0.4) is 0 Å². The zero-order valence-corrected chi connectivity index (χ0v) is 23.0. The molecule has 0 saturated carbocycles. The Morgan fingerprint density at radius 1 is 1.06 bits per heavy atom. The van der Waals surface area contributed by atoms with Gasteiger partial charge in [-0.1, -0.05) is 45.0 Å². The minimum atomic E-state index is -4.80. The molecule has 2 aliphatic rings. The topological polar surface area (TPSA) is 108 Å². The van der Waals surface area contributed by atoms with Gasteiger partial charge in [-0.2, -0.15) is 0 Å². The van der Waals surface area contributed by atoms with Gasteiger partial charge in [-0.25, -0.2) is 8.42 Å². The SMILES string of the molecule is COc1cc2c(cc1OC)C(=O)N1C=C(c3ccc(C(C)(C)C)cc3)C[C@H]1[C@H](S(=O)(=O)[O-])N2.[Na+]. The normalized spacial score (nSPS) is 19.8. The van der Waals surface area contributed by atoms with Gasteiger partial charge in [0.25, 0.3) is 5.91 Å². The van der Waals surface area contributed by atoms with Crippen molar-refractivity contribution in [2.45, 2.75) is 44.0 Å². The molecular formula is C24H27N2NaO6S. The first-order chi connectivity index (χ1) is 15.4. The third-order valence-corrected chi connectivity index (χ3v) is 7.20. The smallest absolute Gasteiger partial charge is 0.746 e. The maximum Gasteiger partial charge on any atom is 1.00 e. The fourth-order valence-electron chi connectivity index (χ4n) is 4.31. The van der Waals surface area contributed by atoms with Crippen molar-refractivity contribution in [2.24, 2.45) is 0 Å². The first-order valence-electron chi connectivity index (χ1n) is 10.6. The molecule has 1 amide bonds. The molecule has 1 N–H and O–H groups in total. The number of fused-ring (bicyclic) bond motifs is 2. The molecule has 0 aliphatic carbocycles. The van der Waals surface area contributed by atoms with E-state index in [0.29, 0.717) is 11.5 Å². The Morgan fingerprint density at radius 2 is 1.65 bits per heavy atom. The number of nitrogens with zero attached hydrogens (tertiary/aromatic N) is 1. The van der Waals surface area contributed by atoms with Gasteiger partial charge in [0.2, 0.25) is 0 Å². The maximum absolute atomic E-state index is 13.5. The van der Waals surface area contributed by atoms with Crippen LogP contribution in [-0.4, -0.2) is 49.4 Å². The van der Waals surface area contributed by atoms with Gasteiger partial charge < -0.3 is 24.2 Å². The average Bonchev–Trinajstić information content (AvgIpc) is 3.15. The third kappa shape index (κ3) is 4.85. The average molecular weight is 495 g/mol. The molecule has 4 rings (SSSR count). The van der Waals surface area contributed by atoms with Gasteiger partial charge in [0.1, 0.15) is 15.5 Å². The number of hydrogen-bond donors (Lipinski definition) is 1. The molecule has 0 fully saturated rings. The second-order valence-electron chi connectivity index (χ2n) is 9.28. The number of benzene rings is 2. The molecule has 0 radical (unpaired) electrons. The summed E-state index contributed by atoms with van der Waals surface area (Å²) in [6.07, 6.45) is 1.87. The van der Waals surface area contributed by atoms with Gasteiger partial charge in [-0.15, -0.1) is 0 Å². The van der Waals surface area contributed by atoms with Crippen LogP contribution < -0.4 is 44.3 Å². The van der Waals surface area contributed by atoms with E-state index in [4.69, 9.17) is 9.47 Å². The predicted octanol–water partition coefficient (Wildman–Crippen LogP) is 0.558. The zero-order chi connectivity index (χ0) is 24.1. The number of rotatable bonds is 4. The Labute approximate surface area is 222 Å². The van der Waals surface area contributed by atoms with E-state index in [1.807, 2.05) is 24.3 Å². The Kier molecular flexibility index (Phi) is 7.46. The molecule has 2 aliphatic heterocycles. The number of amides is 1. The van der Waals surface area contributed by atoms with Gasteiger partial charge in [0, 0.05) is 12.3 Å². The second-order valence-corrected chi connectivity index (χ2v) is 10.8. The van der Waals surface area contributed by atoms with Crippen LogP contribution in [0.4, 0.5) is 5.69 Å². The first kappa shape index (κ1) is 26.6. The van der Waals surface area contributed by atoms with E-state index in [1.165, 1.54) is 31.3 Å². The van der Waals surface area contributed by atoms with Crippen LogP contribution >= 0.6 is 0 Å². The summed E-state index contributed by atoms with van der Waals surface area (Å²) in [6.45, 7) is 6.36. The molecule has 2 atom stereocenters. The monoisotopic (exact) mass is 494 g/mol. The molecule has 2 aromatic rings. The number of nitrogens with one attached hydrogen (secondary N) is 1. The predicted molar refractivity (Wildman–Crippen MR) is 124 cm³/mol. The van der Waals surface area contributed by atoms with Gasteiger partial charge in [0.15, 0.2) is 11.5 Å². The molecule has 2 heterocycles. The zero-order valence-electron chi connectivity index (χ0n) is 20.2. The van der Waals surface area contributed by atoms with E-state index in [0.717, 1.165) is 16.7 Å². The Bertz CT molecular complexity index is 1240. The fraction of sp³-hybridized carbons (Fsp3) is 0.375. The van der Waals surface area contributed by atoms with E-state index < -0.39 is 27.4 Å². The summed E-state index contributed by atoms with van der Waals surface area (Å²) >= 11 is 0. The van der Waals surface area contributed by atoms with Crippen molar-refractivity contribution in [3.05, 3.63) is 59.3 Å². The summed E-state index contributed by atoms with van der Waals surface area (Å²) in [5.41, 5.74) is 3.22. The molecule has 2 aromatic carbocycles. The number of hydrogen-bond acceptors (Lipinski definition) is 7. The van der Waals surface area contributed by atoms with Crippen LogP contribution in [0.1, 0.15) is 48.7 Å². The Hall–Kier alpha value is -2.04. The van der Waals surface area contributed by atoms with E-state index in [2.05, 4.69) is 26.1 Å². The van der Waals surface area contributed by atoms with Crippen molar-refractivity contribution in [2.75, 3.05) is 19.5 Å². The summed E-state index contributed by atoms with van der Waals surface area (Å²) < 4.78 is 47.3. The fourth-order valence-corrected chi connectivity index (χ4v) is 5.19. The third-order valence-electron chi connectivity index (χ3n) is 6.15. The molecule has 10 heteroatoms. The van der Waals surface area contributed by atoms with Crippen LogP contribution in [-0.2, 0) is 15.5 Å². The molecular weight excluding hydrogens is 467 g/mol. The van der Waals surface area contributed by atoms with Crippen LogP contribution in [0.25, 0.3) is 5.57 Å². The standard InChI is InChI=1S/C24H28N2O6S.Na/c1-24(2,3)16-8-6-14(7-9-16)15-10-19-22(33(28,29)30)25-18-12-21(32-5)20(31-4)11-17(18)23(27)26(19)13-15;/h6-9,11-13,19,22,25H,10H2,1-5H3,(H,28,29,30);/q;+1/p-1/t19-,22-;/m0./s1. The summed E-state index contributed by atoms with van der Waals surface area (Å²) in [7, 11) is -1.92. The van der Waals surface area contributed by atoms with Gasteiger partial charge >= 0.3 is 29.6 Å². The molecule has 176 valence electrons. The largest absolute Gasteiger partial charge is 1.00 e. The molecule has 8 nitrogen and oxygen atoms in total. The van der Waals surface area contributed by atoms with Crippen molar-refractivity contribution >= 4 is 27.3 Å². The van der Waals surface area contributed by atoms with Crippen molar-refractivity contribution in [1.29, 1.82) is 0 Å². The van der Waals surface area contributed by atoms with Crippen molar-refractivity contribution in [3.63, 3.8) is 0 Å². The number of carbonyl (C=O) groups excluding carboxylic acids is 1. The number of methoxy groups -OCH3 is 2. The minimum absolute atomic E-state index is 0. The Balaban J connectivity index is 0.00000324. The van der Waals surface area contributed by atoms with E-state index >= 15 is 0 Å². The quantitative estimate of drug-likeness (QED) is 0.489. The molecule has 0 spiro atoms. The Morgan fingerprint density at radius 3 is 2.18 bits per heavy atom. The van der Waals surface area contributed by atoms with Crippen molar-refractivity contribution in [3.8, 4) is 11.5 Å². The van der Waals surface area contributed by atoms with Gasteiger partial charge in [0.05, 0.1) is 31.5 Å². The maximum atomic E-state index is 13.5. The summed E-state index contributed by atoms with van der Waals surface area (Å²) in [5, 5.41) is 1.27. The van der Waals surface area contributed by atoms with Crippen molar-refractivity contribution < 1.29 is 56.8 Å². The summed E-state index contributed by atoms with van der Waals surface area (Å²) in [4.78, 5) is 14.8. The molecule has 0 unspecified atom stereocenters. The molecule has 0 saturated heterocycles. The first-order valence-corrected chi connectivity index (χ1v) is 12.0. The van der Waals surface area contributed by atoms with E-state index in [9.17, 15) is 17.8 Å². The summed E-state index contributed by atoms with van der Waals surface area (Å²) in [5.74, 6) is 0.222. The summed E-state index contributed by atoms with van der Waals surface area (Å²) in [6, 6.07) is 10.0. The molecule has 34 heavy (non-hydrogen) atoms.